The Balaban J connectivity index is 2.56. The molecule has 0 spiro atoms. The third-order valence-corrected chi connectivity index (χ3v) is 3.83. The highest BCUT2D eigenvalue weighted by atomic mass is 16.5. The van der Waals surface area contributed by atoms with E-state index >= 15 is 0 Å². The zero-order chi connectivity index (χ0) is 14.0. The molecule has 0 fully saturated rings. The number of benzene rings is 1. The number of hydrogen-bond donors (Lipinski definition) is 0. The van der Waals surface area contributed by atoms with Crippen LogP contribution in [0.15, 0.2) is 42.6 Å². The molecule has 2 aromatic rings. The maximum atomic E-state index is 12.2. The molecule has 0 saturated heterocycles. The molecule has 0 aliphatic rings. The SMILES string of the molecule is COc1ccc(C(C)(C(C)=O)c2cccn2C)cc1. The average Bonchev–Trinajstić information content (AvgIpc) is 2.84. The molecule has 1 atom stereocenters. The van der Waals surface area contributed by atoms with Crippen LogP contribution in [0.3, 0.4) is 0 Å². The molecule has 1 aromatic carbocycles. The minimum atomic E-state index is -0.634. The number of nitrogens with zero attached hydrogens (tertiary/aromatic N) is 1. The fourth-order valence-corrected chi connectivity index (χ4v) is 2.44. The Morgan fingerprint density at radius 2 is 1.84 bits per heavy atom. The van der Waals surface area contributed by atoms with Crippen LogP contribution in [0.5, 0.6) is 5.75 Å². The van der Waals surface area contributed by atoms with E-state index in [9.17, 15) is 4.79 Å². The van der Waals surface area contributed by atoms with Gasteiger partial charge in [0.25, 0.3) is 0 Å². The largest absolute Gasteiger partial charge is 0.497 e. The maximum absolute atomic E-state index is 12.2. The van der Waals surface area contributed by atoms with Crippen molar-refractivity contribution in [2.45, 2.75) is 19.3 Å². The number of ketones is 1. The van der Waals surface area contributed by atoms with Crippen molar-refractivity contribution >= 4 is 5.78 Å². The quantitative estimate of drug-likeness (QED) is 0.843. The number of hydrogen-bond acceptors (Lipinski definition) is 2. The average molecular weight is 257 g/mol. The molecule has 0 radical (unpaired) electrons. The van der Waals surface area contributed by atoms with Crippen LogP contribution in [-0.4, -0.2) is 17.5 Å². The van der Waals surface area contributed by atoms with Gasteiger partial charge in [-0.05, 0) is 43.7 Å². The van der Waals surface area contributed by atoms with E-state index in [0.29, 0.717) is 0 Å². The summed E-state index contributed by atoms with van der Waals surface area (Å²) in [5, 5.41) is 0. The summed E-state index contributed by atoms with van der Waals surface area (Å²) in [6, 6.07) is 11.6. The molecule has 1 unspecified atom stereocenters. The van der Waals surface area contributed by atoms with Crippen LogP contribution >= 0.6 is 0 Å². The fraction of sp³-hybridized carbons (Fsp3) is 0.312. The number of aromatic nitrogens is 1. The Bertz CT molecular complexity index is 583. The van der Waals surface area contributed by atoms with Crippen molar-refractivity contribution in [3.63, 3.8) is 0 Å². The first-order chi connectivity index (χ1) is 9.00. The number of rotatable bonds is 4. The van der Waals surface area contributed by atoms with Crippen molar-refractivity contribution in [1.29, 1.82) is 0 Å². The second-order valence-corrected chi connectivity index (χ2v) is 4.91. The van der Waals surface area contributed by atoms with Crippen molar-refractivity contribution in [1.82, 2.24) is 4.57 Å². The Labute approximate surface area is 113 Å². The van der Waals surface area contributed by atoms with Gasteiger partial charge in [0, 0.05) is 18.9 Å². The summed E-state index contributed by atoms with van der Waals surface area (Å²) in [5.41, 5.74) is 1.33. The van der Waals surface area contributed by atoms with Gasteiger partial charge in [-0.2, -0.15) is 0 Å². The minimum Gasteiger partial charge on any atom is -0.497 e. The highest BCUT2D eigenvalue weighted by molar-refractivity contribution is 5.91. The molecule has 1 heterocycles. The topological polar surface area (TPSA) is 31.2 Å². The Kier molecular flexibility index (Phi) is 3.47. The third-order valence-electron chi connectivity index (χ3n) is 3.83. The predicted molar refractivity (Wildman–Crippen MR) is 75.5 cm³/mol. The summed E-state index contributed by atoms with van der Waals surface area (Å²) in [6.45, 7) is 3.60. The van der Waals surface area contributed by atoms with Gasteiger partial charge in [-0.3, -0.25) is 4.79 Å². The van der Waals surface area contributed by atoms with E-state index in [2.05, 4.69) is 0 Å². The van der Waals surface area contributed by atoms with Gasteiger partial charge in [0.05, 0.1) is 12.5 Å². The van der Waals surface area contributed by atoms with E-state index in [1.807, 2.05) is 61.1 Å². The van der Waals surface area contributed by atoms with E-state index in [-0.39, 0.29) is 5.78 Å². The molecule has 100 valence electrons. The monoisotopic (exact) mass is 257 g/mol. The molecule has 3 nitrogen and oxygen atoms in total. The normalized spacial score (nSPS) is 13.9. The fourth-order valence-electron chi connectivity index (χ4n) is 2.44. The second kappa shape index (κ2) is 4.92. The number of ether oxygens (including phenoxy) is 1. The summed E-state index contributed by atoms with van der Waals surface area (Å²) >= 11 is 0. The summed E-state index contributed by atoms with van der Waals surface area (Å²) in [4.78, 5) is 12.2. The molecule has 0 amide bonds. The van der Waals surface area contributed by atoms with Crippen molar-refractivity contribution in [2.75, 3.05) is 7.11 Å². The van der Waals surface area contributed by atoms with Gasteiger partial charge in [-0.1, -0.05) is 12.1 Å². The Morgan fingerprint density at radius 3 is 2.26 bits per heavy atom. The number of carbonyl (C=O) groups is 1. The number of carbonyl (C=O) groups excluding carboxylic acids is 1. The number of aryl methyl sites for hydroxylation is 1. The zero-order valence-corrected chi connectivity index (χ0v) is 11.8. The van der Waals surface area contributed by atoms with Crippen molar-refractivity contribution < 1.29 is 9.53 Å². The molecule has 2 rings (SSSR count). The van der Waals surface area contributed by atoms with E-state index < -0.39 is 5.41 Å². The van der Waals surface area contributed by atoms with Gasteiger partial charge >= 0.3 is 0 Å². The Morgan fingerprint density at radius 1 is 1.21 bits per heavy atom. The van der Waals surface area contributed by atoms with Gasteiger partial charge in [0.1, 0.15) is 11.5 Å². The van der Waals surface area contributed by atoms with E-state index in [1.54, 1.807) is 14.0 Å². The van der Waals surface area contributed by atoms with E-state index in [4.69, 9.17) is 4.74 Å². The molecule has 0 saturated carbocycles. The minimum absolute atomic E-state index is 0.125. The molecular weight excluding hydrogens is 238 g/mol. The van der Waals surface area contributed by atoms with Crippen LogP contribution in [0.2, 0.25) is 0 Å². The van der Waals surface area contributed by atoms with Gasteiger partial charge in [-0.15, -0.1) is 0 Å². The standard InChI is InChI=1S/C16H19NO2/c1-12(18)16(2,15-6-5-11-17(15)3)13-7-9-14(19-4)10-8-13/h5-11H,1-4H3. The number of methoxy groups -OCH3 is 1. The molecule has 3 heteroatoms. The lowest BCUT2D eigenvalue weighted by Crippen LogP contribution is -2.33. The van der Waals surface area contributed by atoms with Gasteiger partial charge in [0.2, 0.25) is 0 Å². The zero-order valence-electron chi connectivity index (χ0n) is 11.8. The predicted octanol–water partition coefficient (Wildman–Crippen LogP) is 2.93. The lowest BCUT2D eigenvalue weighted by Gasteiger charge is -2.28. The van der Waals surface area contributed by atoms with Gasteiger partial charge in [-0.25, -0.2) is 0 Å². The van der Waals surface area contributed by atoms with Crippen molar-refractivity contribution in [3.05, 3.63) is 53.9 Å². The molecule has 0 aliphatic heterocycles. The maximum Gasteiger partial charge on any atom is 0.145 e. The molecule has 0 N–H and O–H groups in total. The van der Waals surface area contributed by atoms with Crippen LogP contribution in [0, 0.1) is 0 Å². The first kappa shape index (κ1) is 13.4. The number of Topliss-reactive ketones (excluding diaryl/α,β-unsaturated/α-hetero) is 1. The van der Waals surface area contributed by atoms with Gasteiger partial charge in [0.15, 0.2) is 0 Å². The Hall–Kier alpha value is -2.03. The van der Waals surface area contributed by atoms with Crippen molar-refractivity contribution in [3.8, 4) is 5.75 Å². The highest BCUT2D eigenvalue weighted by Gasteiger charge is 2.35. The summed E-state index contributed by atoms with van der Waals surface area (Å²) in [6.07, 6.45) is 1.96. The van der Waals surface area contributed by atoms with Crippen LogP contribution in [-0.2, 0) is 17.3 Å². The lowest BCUT2D eigenvalue weighted by atomic mass is 9.76. The summed E-state index contributed by atoms with van der Waals surface area (Å²) in [7, 11) is 3.59. The summed E-state index contributed by atoms with van der Waals surface area (Å²) < 4.78 is 7.16. The van der Waals surface area contributed by atoms with E-state index in [0.717, 1.165) is 17.0 Å². The molecule has 1 aromatic heterocycles. The van der Waals surface area contributed by atoms with Crippen LogP contribution in [0.1, 0.15) is 25.1 Å². The van der Waals surface area contributed by atoms with Crippen LogP contribution in [0.25, 0.3) is 0 Å². The molecular formula is C16H19NO2. The van der Waals surface area contributed by atoms with Crippen LogP contribution < -0.4 is 4.74 Å². The lowest BCUT2D eigenvalue weighted by molar-refractivity contribution is -0.120. The second-order valence-electron chi connectivity index (χ2n) is 4.91. The van der Waals surface area contributed by atoms with E-state index in [1.165, 1.54) is 0 Å². The molecule has 19 heavy (non-hydrogen) atoms. The summed E-state index contributed by atoms with van der Waals surface area (Å²) in [5.74, 6) is 0.918. The first-order valence-corrected chi connectivity index (χ1v) is 6.27. The first-order valence-electron chi connectivity index (χ1n) is 6.27. The highest BCUT2D eigenvalue weighted by Crippen LogP contribution is 2.33. The molecule has 0 bridgehead atoms. The third kappa shape index (κ3) is 2.16. The van der Waals surface area contributed by atoms with Crippen molar-refractivity contribution in [2.24, 2.45) is 7.05 Å². The van der Waals surface area contributed by atoms with Gasteiger partial charge < -0.3 is 9.30 Å². The van der Waals surface area contributed by atoms with Crippen LogP contribution in [0.4, 0.5) is 0 Å². The smallest absolute Gasteiger partial charge is 0.145 e. The molecule has 0 aliphatic carbocycles.